The largest absolute Gasteiger partial charge is 0.371 e. The topological polar surface area (TPSA) is 22.1 Å². The van der Waals surface area contributed by atoms with E-state index < -0.39 is 0 Å². The van der Waals surface area contributed by atoms with Gasteiger partial charge in [-0.05, 0) is 71.6 Å². The molecule has 0 radical (unpaired) electrons. The number of hydrogen-bond donors (Lipinski definition) is 0. The molecule has 1 aromatic carbocycles. The molecule has 6 atom stereocenters. The summed E-state index contributed by atoms with van der Waals surface area (Å²) in [5.41, 5.74) is 7.95. The van der Waals surface area contributed by atoms with Crippen LogP contribution in [0.2, 0.25) is 0 Å². The van der Waals surface area contributed by atoms with E-state index in [0.717, 1.165) is 23.7 Å². The summed E-state index contributed by atoms with van der Waals surface area (Å²) in [5.74, 6) is 3.47. The lowest BCUT2D eigenvalue weighted by Crippen LogP contribution is -2.36. The molecule has 190 valence electrons. The highest BCUT2D eigenvalue weighted by molar-refractivity contribution is 7.98. The molecule has 4 aliphatic heterocycles. The van der Waals surface area contributed by atoms with Crippen LogP contribution in [0.25, 0.3) is 0 Å². The lowest BCUT2D eigenvalue weighted by Gasteiger charge is -2.32. The number of allylic oxidation sites excluding steroid dienone is 2. The number of aliphatic imine (C=N–C) groups is 1. The van der Waals surface area contributed by atoms with Gasteiger partial charge in [0.05, 0.1) is 11.4 Å². The lowest BCUT2D eigenvalue weighted by atomic mass is 10.0. The highest BCUT2D eigenvalue weighted by atomic mass is 32.2. The monoisotopic (exact) mass is 501 g/mol. The molecule has 5 fully saturated rings. The van der Waals surface area contributed by atoms with Crippen LogP contribution in [-0.2, 0) is 10.9 Å². The third-order valence-corrected chi connectivity index (χ3v) is 13.6. The van der Waals surface area contributed by atoms with Gasteiger partial charge in [0, 0.05) is 67.6 Å². The molecule has 7 aliphatic rings. The summed E-state index contributed by atoms with van der Waals surface area (Å²) in [6, 6.07) is 5.02. The Kier molecular flexibility index (Phi) is 4.40. The van der Waals surface area contributed by atoms with E-state index in [0.29, 0.717) is 16.1 Å². The number of rotatable bonds is 3. The summed E-state index contributed by atoms with van der Waals surface area (Å²) in [6.07, 6.45) is 12.4. The first kappa shape index (κ1) is 22.1. The fraction of sp³-hybridized carbons (Fsp3) is 0.645. The van der Waals surface area contributed by atoms with Gasteiger partial charge in [0.1, 0.15) is 11.9 Å². The Morgan fingerprint density at radius 2 is 1.42 bits per heavy atom. The second kappa shape index (κ2) is 7.15. The predicted octanol–water partition coefficient (Wildman–Crippen LogP) is 5.48. The van der Waals surface area contributed by atoms with E-state index in [1.807, 2.05) is 0 Å². The zero-order valence-corrected chi connectivity index (χ0v) is 23.4. The molecule has 0 aromatic heterocycles. The fourth-order valence-corrected chi connectivity index (χ4v) is 10.3. The maximum atomic E-state index is 5.43. The number of likely N-dealkylation sites (tertiary alicyclic amines) is 1. The van der Waals surface area contributed by atoms with E-state index >= 15 is 0 Å². The van der Waals surface area contributed by atoms with Gasteiger partial charge in [0.2, 0.25) is 0 Å². The highest BCUT2D eigenvalue weighted by Gasteiger charge is 2.63. The fourth-order valence-electron chi connectivity index (χ4n) is 8.43. The van der Waals surface area contributed by atoms with Gasteiger partial charge >= 0.3 is 0 Å². The molecule has 2 saturated carbocycles. The Labute approximate surface area is 219 Å². The molecular weight excluding hydrogens is 460 g/mol. The van der Waals surface area contributed by atoms with Gasteiger partial charge in [-0.3, -0.25) is 0 Å². The summed E-state index contributed by atoms with van der Waals surface area (Å²) < 4.78 is 0. The van der Waals surface area contributed by atoms with Gasteiger partial charge in [0.15, 0.2) is 10.1 Å². The van der Waals surface area contributed by atoms with Crippen molar-refractivity contribution in [2.75, 3.05) is 55.3 Å². The molecular formula is C31H41N4S+. The molecule has 3 aliphatic carbocycles. The van der Waals surface area contributed by atoms with Gasteiger partial charge in [-0.2, -0.15) is 0 Å². The van der Waals surface area contributed by atoms with Crippen molar-refractivity contribution in [3.8, 4) is 0 Å². The molecule has 0 bridgehead atoms. The van der Waals surface area contributed by atoms with Crippen molar-refractivity contribution in [1.29, 1.82) is 0 Å². The van der Waals surface area contributed by atoms with Crippen molar-refractivity contribution in [1.82, 2.24) is 4.90 Å². The summed E-state index contributed by atoms with van der Waals surface area (Å²) >= 11 is 0. The van der Waals surface area contributed by atoms with E-state index in [1.165, 1.54) is 85.5 Å². The summed E-state index contributed by atoms with van der Waals surface area (Å²) in [6.45, 7) is 17.1. The van der Waals surface area contributed by atoms with Crippen molar-refractivity contribution >= 4 is 33.7 Å². The number of fused-ring (bicyclic) bond motifs is 4. The predicted molar refractivity (Wildman–Crippen MR) is 153 cm³/mol. The van der Waals surface area contributed by atoms with Crippen LogP contribution in [0.4, 0.5) is 17.1 Å². The van der Waals surface area contributed by atoms with E-state index in [4.69, 9.17) is 4.99 Å². The van der Waals surface area contributed by atoms with Crippen LogP contribution >= 0.6 is 0 Å². The first-order valence-corrected chi connectivity index (χ1v) is 16.0. The molecule has 0 amide bonds. The number of piperidine rings is 2. The Morgan fingerprint density at radius 1 is 0.806 bits per heavy atom. The summed E-state index contributed by atoms with van der Waals surface area (Å²) in [4.78, 5) is 14.9. The quantitative estimate of drug-likeness (QED) is 0.512. The first-order valence-electron chi connectivity index (χ1n) is 14.3. The molecule has 8 rings (SSSR count). The molecule has 6 unspecified atom stereocenters. The van der Waals surface area contributed by atoms with Gasteiger partial charge < -0.3 is 14.7 Å². The van der Waals surface area contributed by atoms with Crippen molar-refractivity contribution in [2.24, 2.45) is 39.5 Å². The standard InChI is InChI=1S/C31H41N4S/c1-30(2)21-15-34(16-22(21)30)19-8-9-25-27(13-19)36(5)28-14-20(33-10-6-7-11-33)12-26(29(28)32-25)35-17-23-24(18-35)31(23,3)4/h8-9,12-14,21-24,27H,6-7,10-11,15-18H2,1-5H3/q+1. The third-order valence-electron chi connectivity index (χ3n) is 11.5. The Hall–Kier alpha value is -1.88. The number of anilines is 2. The molecule has 4 nitrogen and oxygen atoms in total. The smallest absolute Gasteiger partial charge is 0.185 e. The third kappa shape index (κ3) is 2.98. The van der Waals surface area contributed by atoms with Crippen molar-refractivity contribution in [3.05, 3.63) is 36.1 Å². The highest BCUT2D eigenvalue weighted by Crippen LogP contribution is 2.64. The molecule has 36 heavy (non-hydrogen) atoms. The molecule has 0 N–H and O–H groups in total. The van der Waals surface area contributed by atoms with Gasteiger partial charge in [0.25, 0.3) is 0 Å². The van der Waals surface area contributed by atoms with Crippen LogP contribution in [0.3, 0.4) is 0 Å². The van der Waals surface area contributed by atoms with Crippen molar-refractivity contribution in [2.45, 2.75) is 50.7 Å². The molecule has 3 saturated heterocycles. The van der Waals surface area contributed by atoms with Crippen LogP contribution in [0.5, 0.6) is 0 Å². The second-order valence-electron chi connectivity index (χ2n) is 13.8. The second-order valence-corrected chi connectivity index (χ2v) is 15.9. The maximum Gasteiger partial charge on any atom is 0.185 e. The summed E-state index contributed by atoms with van der Waals surface area (Å²) in [7, 11) is 0.113. The van der Waals surface area contributed by atoms with Crippen LogP contribution in [0.15, 0.2) is 45.9 Å². The zero-order chi connectivity index (χ0) is 24.6. The Bertz CT molecular complexity index is 1210. The minimum Gasteiger partial charge on any atom is -0.371 e. The summed E-state index contributed by atoms with van der Waals surface area (Å²) in [5, 5.41) is 0.412. The SMILES string of the molecule is C[S+]1c2cc(N3CCCC3)cc(N3CC4C(C3)C4(C)C)c2N=C2C=CC(N3CC4C(C3)C4(C)C)=CC21. The lowest BCUT2D eigenvalue weighted by molar-refractivity contribution is 0.319. The van der Waals surface area contributed by atoms with Crippen LogP contribution in [-0.4, -0.2) is 61.4 Å². The Morgan fingerprint density at radius 3 is 2.06 bits per heavy atom. The molecule has 0 spiro atoms. The maximum absolute atomic E-state index is 5.43. The Balaban J connectivity index is 1.14. The zero-order valence-electron chi connectivity index (χ0n) is 22.6. The van der Waals surface area contributed by atoms with E-state index in [9.17, 15) is 0 Å². The van der Waals surface area contributed by atoms with E-state index in [1.54, 1.807) is 0 Å². The van der Waals surface area contributed by atoms with Crippen molar-refractivity contribution < 1.29 is 0 Å². The minimum atomic E-state index is 0.113. The number of benzene rings is 1. The van der Waals surface area contributed by atoms with Gasteiger partial charge in [-0.25, -0.2) is 4.99 Å². The van der Waals surface area contributed by atoms with Crippen LogP contribution in [0, 0.1) is 34.5 Å². The minimum absolute atomic E-state index is 0.113. The average Bonchev–Trinajstić information content (AvgIpc) is 3.41. The van der Waals surface area contributed by atoms with Crippen LogP contribution < -0.4 is 9.80 Å². The molecule has 4 heterocycles. The molecule has 1 aromatic rings. The first-order chi connectivity index (χ1) is 17.2. The molecule has 5 heteroatoms. The van der Waals surface area contributed by atoms with E-state index in [-0.39, 0.29) is 10.9 Å². The normalized spacial score (nSPS) is 38.3. The van der Waals surface area contributed by atoms with Crippen molar-refractivity contribution in [3.63, 3.8) is 0 Å². The number of nitrogens with zero attached hydrogens (tertiary/aromatic N) is 4. The van der Waals surface area contributed by atoms with E-state index in [2.05, 4.69) is 79.0 Å². The number of hydrogen-bond acceptors (Lipinski definition) is 4. The average molecular weight is 502 g/mol. The van der Waals surface area contributed by atoms with Crippen LogP contribution in [0.1, 0.15) is 40.5 Å². The van der Waals surface area contributed by atoms with Gasteiger partial charge in [-0.15, -0.1) is 0 Å². The van der Waals surface area contributed by atoms with Gasteiger partial charge in [-0.1, -0.05) is 27.7 Å².